The van der Waals surface area contributed by atoms with E-state index in [9.17, 15) is 9.00 Å². The van der Waals surface area contributed by atoms with Crippen molar-refractivity contribution in [2.24, 2.45) is 0 Å². The minimum Gasteiger partial charge on any atom is -0.476 e. The van der Waals surface area contributed by atoms with Gasteiger partial charge in [0.05, 0.1) is 14.9 Å². The van der Waals surface area contributed by atoms with Gasteiger partial charge in [-0.2, -0.15) is 0 Å². The molecule has 0 aliphatic heterocycles. The van der Waals surface area contributed by atoms with Crippen LogP contribution in [0.3, 0.4) is 0 Å². The second-order valence-electron chi connectivity index (χ2n) is 3.51. The summed E-state index contributed by atoms with van der Waals surface area (Å²) in [5.74, 6) is -1.36. The topological polar surface area (TPSA) is 92.2 Å². The molecule has 104 valence electrons. The van der Waals surface area contributed by atoms with E-state index in [1.165, 1.54) is 30.6 Å². The lowest BCUT2D eigenvalue weighted by atomic mass is 10.4. The number of carboxylic acids is 1. The van der Waals surface area contributed by atoms with E-state index in [1.807, 2.05) is 0 Å². The summed E-state index contributed by atoms with van der Waals surface area (Å²) in [4.78, 5) is 18.7. The zero-order chi connectivity index (χ0) is 14.7. The molecule has 0 aliphatic rings. The molecule has 20 heavy (non-hydrogen) atoms. The molecule has 0 bridgehead atoms. The minimum absolute atomic E-state index is 0.0931. The van der Waals surface area contributed by atoms with Gasteiger partial charge in [-0.3, -0.25) is 4.72 Å². The highest BCUT2D eigenvalue weighted by Gasteiger charge is 2.15. The first-order valence-electron chi connectivity index (χ1n) is 5.17. The molecule has 0 spiro atoms. The van der Waals surface area contributed by atoms with Gasteiger partial charge in [0, 0.05) is 12.4 Å². The maximum absolute atomic E-state index is 12.1. The molecule has 2 aromatic rings. The third kappa shape index (κ3) is 3.24. The Morgan fingerprint density at radius 2 is 1.90 bits per heavy atom. The second-order valence-corrected chi connectivity index (χ2v) is 5.53. The van der Waals surface area contributed by atoms with Crippen molar-refractivity contribution in [1.29, 1.82) is 0 Å². The molecule has 1 atom stereocenters. The van der Waals surface area contributed by atoms with Gasteiger partial charge in [-0.05, 0) is 18.2 Å². The van der Waals surface area contributed by atoms with Crippen LogP contribution in [0.4, 0.5) is 5.82 Å². The molecule has 9 heteroatoms. The van der Waals surface area contributed by atoms with Gasteiger partial charge in [0.15, 0.2) is 22.5 Å². The first-order chi connectivity index (χ1) is 9.49. The number of carbonyl (C=O) groups is 1. The summed E-state index contributed by atoms with van der Waals surface area (Å²) in [6.45, 7) is 0. The van der Waals surface area contributed by atoms with Crippen molar-refractivity contribution in [2.45, 2.75) is 4.90 Å². The van der Waals surface area contributed by atoms with E-state index in [-0.39, 0.29) is 16.5 Å². The molecule has 6 nitrogen and oxygen atoms in total. The van der Waals surface area contributed by atoms with E-state index in [4.69, 9.17) is 28.3 Å². The SMILES string of the molecule is O=C(O)c1nccnc1NS(=O)c1ccc(Cl)c(Cl)c1. The Kier molecular flexibility index (Phi) is 4.53. The Hall–Kier alpha value is -1.70. The fourth-order valence-corrected chi connectivity index (χ4v) is 2.53. The number of nitrogens with zero attached hydrogens (tertiary/aromatic N) is 2. The number of hydrogen-bond acceptors (Lipinski definition) is 4. The zero-order valence-electron chi connectivity index (χ0n) is 9.71. The first kappa shape index (κ1) is 14.7. The van der Waals surface area contributed by atoms with Crippen molar-refractivity contribution in [1.82, 2.24) is 9.97 Å². The van der Waals surface area contributed by atoms with Crippen LogP contribution in [0.5, 0.6) is 0 Å². The van der Waals surface area contributed by atoms with Crippen LogP contribution in [0.1, 0.15) is 10.5 Å². The Bertz CT molecular complexity index is 696. The normalized spacial score (nSPS) is 11.9. The number of carboxylic acid groups (broad SMARTS) is 1. The number of nitrogens with one attached hydrogen (secondary N) is 1. The van der Waals surface area contributed by atoms with E-state index in [2.05, 4.69) is 14.7 Å². The summed E-state index contributed by atoms with van der Waals surface area (Å²) >= 11 is 11.6. The van der Waals surface area contributed by atoms with Crippen LogP contribution in [-0.4, -0.2) is 25.3 Å². The van der Waals surface area contributed by atoms with Gasteiger partial charge in [0.25, 0.3) is 0 Å². The maximum atomic E-state index is 12.1. The van der Waals surface area contributed by atoms with Crippen LogP contribution in [-0.2, 0) is 11.0 Å². The molecular formula is C11H7Cl2N3O3S. The number of hydrogen-bond donors (Lipinski definition) is 2. The quantitative estimate of drug-likeness (QED) is 0.898. The minimum atomic E-state index is -1.74. The van der Waals surface area contributed by atoms with Crippen molar-refractivity contribution < 1.29 is 14.1 Å². The van der Waals surface area contributed by atoms with E-state index < -0.39 is 17.0 Å². The fraction of sp³-hybridized carbons (Fsp3) is 0. The van der Waals surface area contributed by atoms with Gasteiger partial charge in [-0.15, -0.1) is 0 Å². The second kappa shape index (κ2) is 6.17. The van der Waals surface area contributed by atoms with Crippen LogP contribution in [0.25, 0.3) is 0 Å². The van der Waals surface area contributed by atoms with Crippen molar-refractivity contribution >= 4 is 46.0 Å². The highest BCUT2D eigenvalue weighted by atomic mass is 35.5. The Morgan fingerprint density at radius 1 is 1.20 bits per heavy atom. The predicted molar refractivity (Wildman–Crippen MR) is 75.5 cm³/mol. The van der Waals surface area contributed by atoms with Gasteiger partial charge in [-0.25, -0.2) is 19.0 Å². The van der Waals surface area contributed by atoms with E-state index in [0.29, 0.717) is 9.92 Å². The third-order valence-corrected chi connectivity index (χ3v) is 4.00. The molecule has 0 saturated carbocycles. The van der Waals surface area contributed by atoms with E-state index in [0.717, 1.165) is 0 Å². The van der Waals surface area contributed by atoms with E-state index >= 15 is 0 Å². The molecule has 1 aromatic carbocycles. The third-order valence-electron chi connectivity index (χ3n) is 2.20. The molecule has 2 N–H and O–H groups in total. The summed E-state index contributed by atoms with van der Waals surface area (Å²) in [6.07, 6.45) is 2.53. The molecule has 1 unspecified atom stereocenters. The maximum Gasteiger partial charge on any atom is 0.358 e. The van der Waals surface area contributed by atoms with Crippen molar-refractivity contribution in [2.75, 3.05) is 4.72 Å². The molecule has 0 aliphatic carbocycles. The van der Waals surface area contributed by atoms with Crippen molar-refractivity contribution in [3.63, 3.8) is 0 Å². The van der Waals surface area contributed by atoms with E-state index in [1.54, 1.807) is 0 Å². The Labute approximate surface area is 126 Å². The smallest absolute Gasteiger partial charge is 0.358 e. The van der Waals surface area contributed by atoms with Gasteiger partial charge in [0.2, 0.25) is 0 Å². The first-order valence-corrected chi connectivity index (χ1v) is 7.07. The van der Waals surface area contributed by atoms with Gasteiger partial charge >= 0.3 is 5.97 Å². The van der Waals surface area contributed by atoms with Crippen LogP contribution < -0.4 is 4.72 Å². The van der Waals surface area contributed by atoms with Gasteiger partial charge < -0.3 is 5.11 Å². The summed E-state index contributed by atoms with van der Waals surface area (Å²) in [5, 5.41) is 9.53. The average Bonchev–Trinajstić information content (AvgIpc) is 2.42. The van der Waals surface area contributed by atoms with Gasteiger partial charge in [0.1, 0.15) is 0 Å². The monoisotopic (exact) mass is 331 g/mol. The fourth-order valence-electron chi connectivity index (χ4n) is 1.31. The molecule has 2 rings (SSSR count). The summed E-state index contributed by atoms with van der Waals surface area (Å²) in [7, 11) is -1.74. The zero-order valence-corrected chi connectivity index (χ0v) is 12.0. The van der Waals surface area contributed by atoms with Crippen molar-refractivity contribution in [3.8, 4) is 0 Å². The number of anilines is 1. The summed E-state index contributed by atoms with van der Waals surface area (Å²) < 4.78 is 14.6. The standard InChI is InChI=1S/C11H7Cl2N3O3S/c12-7-2-1-6(5-8(7)13)20(19)16-10-9(11(17)18)14-3-4-15-10/h1-5H,(H,15,16)(H,17,18). The molecule has 0 saturated heterocycles. The highest BCUT2D eigenvalue weighted by molar-refractivity contribution is 7.86. The lowest BCUT2D eigenvalue weighted by Crippen LogP contribution is -2.12. The predicted octanol–water partition coefficient (Wildman–Crippen LogP) is 2.62. The van der Waals surface area contributed by atoms with Crippen LogP contribution in [0.2, 0.25) is 10.0 Å². The van der Waals surface area contributed by atoms with Gasteiger partial charge in [-0.1, -0.05) is 23.2 Å². The molecule has 0 fully saturated rings. The molecular weight excluding hydrogens is 325 g/mol. The highest BCUT2D eigenvalue weighted by Crippen LogP contribution is 2.24. The number of halogens is 2. The summed E-state index contributed by atoms with van der Waals surface area (Å²) in [5.41, 5.74) is -0.319. The Balaban J connectivity index is 2.28. The number of rotatable bonds is 4. The lowest BCUT2D eigenvalue weighted by Gasteiger charge is -2.07. The number of benzene rings is 1. The number of aromatic nitrogens is 2. The molecule has 1 heterocycles. The molecule has 0 radical (unpaired) electrons. The average molecular weight is 332 g/mol. The van der Waals surface area contributed by atoms with Crippen LogP contribution in [0.15, 0.2) is 35.5 Å². The summed E-state index contributed by atoms with van der Waals surface area (Å²) in [6, 6.07) is 4.42. The lowest BCUT2D eigenvalue weighted by molar-refractivity contribution is 0.0691. The van der Waals surface area contributed by atoms with Crippen LogP contribution in [0, 0.1) is 0 Å². The number of aromatic carboxylic acids is 1. The Morgan fingerprint density at radius 3 is 2.55 bits per heavy atom. The van der Waals surface area contributed by atoms with Crippen molar-refractivity contribution in [3.05, 3.63) is 46.3 Å². The molecule has 1 aromatic heterocycles. The van der Waals surface area contributed by atoms with Crippen LogP contribution >= 0.6 is 23.2 Å². The largest absolute Gasteiger partial charge is 0.476 e. The molecule has 0 amide bonds.